The van der Waals surface area contributed by atoms with Crippen molar-refractivity contribution in [1.82, 2.24) is 13.9 Å². The summed E-state index contributed by atoms with van der Waals surface area (Å²) in [5, 5.41) is -0.00572. The summed E-state index contributed by atoms with van der Waals surface area (Å²) in [5.74, 6) is 1.53. The SMILES string of the molecule is C#CCOc1cc(-n2c(=O)n3n(c2=O)CCOCC3)c(F)cc1Cl. The van der Waals surface area contributed by atoms with Crippen molar-refractivity contribution in [1.29, 1.82) is 0 Å². The molecule has 1 aromatic heterocycles. The molecular weight excluding hydrogens is 341 g/mol. The van der Waals surface area contributed by atoms with Gasteiger partial charge in [-0.15, -0.1) is 6.42 Å². The van der Waals surface area contributed by atoms with Gasteiger partial charge in [0.2, 0.25) is 0 Å². The van der Waals surface area contributed by atoms with Gasteiger partial charge in [-0.2, -0.15) is 0 Å². The first-order valence-electron chi connectivity index (χ1n) is 7.10. The topological polar surface area (TPSA) is 67.4 Å². The van der Waals surface area contributed by atoms with Gasteiger partial charge in [-0.1, -0.05) is 17.5 Å². The monoisotopic (exact) mass is 353 g/mol. The summed E-state index contributed by atoms with van der Waals surface area (Å²) in [5.41, 5.74) is -1.56. The highest BCUT2D eigenvalue weighted by Gasteiger charge is 2.22. The molecule has 126 valence electrons. The first-order chi connectivity index (χ1) is 11.5. The fraction of sp³-hybridized carbons (Fsp3) is 0.333. The quantitative estimate of drug-likeness (QED) is 0.759. The first kappa shape index (κ1) is 16.4. The molecule has 0 spiro atoms. The minimum absolute atomic E-state index is 0.00572. The average molecular weight is 354 g/mol. The van der Waals surface area contributed by atoms with E-state index >= 15 is 0 Å². The van der Waals surface area contributed by atoms with Gasteiger partial charge >= 0.3 is 11.4 Å². The normalized spacial score (nSPS) is 13.9. The Hall–Kier alpha value is -2.50. The summed E-state index contributed by atoms with van der Waals surface area (Å²) in [6, 6.07) is 2.17. The highest BCUT2D eigenvalue weighted by molar-refractivity contribution is 6.32. The molecule has 0 unspecified atom stereocenters. The molecule has 9 heteroatoms. The van der Waals surface area contributed by atoms with Gasteiger partial charge in [0, 0.05) is 6.07 Å². The lowest BCUT2D eigenvalue weighted by molar-refractivity contribution is 0.137. The van der Waals surface area contributed by atoms with Gasteiger partial charge in [-0.3, -0.25) is 0 Å². The molecule has 0 N–H and O–H groups in total. The van der Waals surface area contributed by atoms with Crippen LogP contribution in [0.5, 0.6) is 5.75 Å². The molecule has 0 fully saturated rings. The number of hydrogen-bond acceptors (Lipinski definition) is 4. The minimum Gasteiger partial charge on any atom is -0.479 e. The summed E-state index contributed by atoms with van der Waals surface area (Å²) in [4.78, 5) is 25.1. The zero-order valence-electron chi connectivity index (χ0n) is 12.5. The lowest BCUT2D eigenvalue weighted by Gasteiger charge is -2.09. The predicted octanol–water partition coefficient (Wildman–Crippen LogP) is 0.635. The van der Waals surface area contributed by atoms with Gasteiger partial charge in [0.15, 0.2) is 0 Å². The van der Waals surface area contributed by atoms with E-state index in [1.807, 2.05) is 0 Å². The Morgan fingerprint density at radius 3 is 2.46 bits per heavy atom. The maximum Gasteiger partial charge on any atom is 0.351 e. The van der Waals surface area contributed by atoms with Crippen molar-refractivity contribution in [2.24, 2.45) is 0 Å². The predicted molar refractivity (Wildman–Crippen MR) is 84.4 cm³/mol. The number of benzene rings is 1. The van der Waals surface area contributed by atoms with Gasteiger partial charge in [-0.25, -0.2) is 27.9 Å². The van der Waals surface area contributed by atoms with Crippen molar-refractivity contribution in [2.45, 2.75) is 13.1 Å². The van der Waals surface area contributed by atoms with Crippen molar-refractivity contribution in [2.75, 3.05) is 19.8 Å². The van der Waals surface area contributed by atoms with Crippen LogP contribution in [0, 0.1) is 18.2 Å². The molecule has 24 heavy (non-hydrogen) atoms. The maximum atomic E-state index is 14.3. The summed E-state index contributed by atoms with van der Waals surface area (Å²) >= 11 is 5.90. The largest absolute Gasteiger partial charge is 0.479 e. The molecule has 0 amide bonds. The second-order valence-corrected chi connectivity index (χ2v) is 5.39. The van der Waals surface area contributed by atoms with Crippen LogP contribution in [0.15, 0.2) is 21.7 Å². The molecule has 0 saturated heterocycles. The lowest BCUT2D eigenvalue weighted by atomic mass is 10.3. The zero-order chi connectivity index (χ0) is 17.3. The smallest absolute Gasteiger partial charge is 0.351 e. The molecule has 2 heterocycles. The van der Waals surface area contributed by atoms with Crippen LogP contribution in [-0.4, -0.2) is 33.8 Å². The van der Waals surface area contributed by atoms with E-state index in [9.17, 15) is 14.0 Å². The van der Waals surface area contributed by atoms with E-state index in [-0.39, 0.29) is 36.2 Å². The third-order valence-electron chi connectivity index (χ3n) is 3.56. The third kappa shape index (κ3) is 2.72. The molecule has 1 aliphatic heterocycles. The van der Waals surface area contributed by atoms with Crippen molar-refractivity contribution in [3.05, 3.63) is 43.9 Å². The van der Waals surface area contributed by atoms with Crippen LogP contribution < -0.4 is 16.1 Å². The van der Waals surface area contributed by atoms with Crippen LogP contribution in [-0.2, 0) is 17.8 Å². The van der Waals surface area contributed by atoms with E-state index in [2.05, 4.69) is 5.92 Å². The molecule has 0 atom stereocenters. The zero-order valence-corrected chi connectivity index (χ0v) is 13.3. The van der Waals surface area contributed by atoms with Crippen LogP contribution >= 0.6 is 11.6 Å². The molecule has 2 aromatic rings. The van der Waals surface area contributed by atoms with Crippen LogP contribution in [0.25, 0.3) is 5.69 Å². The van der Waals surface area contributed by atoms with E-state index in [0.29, 0.717) is 13.2 Å². The van der Waals surface area contributed by atoms with Crippen LogP contribution in [0.1, 0.15) is 0 Å². The molecule has 1 aliphatic rings. The Kier molecular flexibility index (Phi) is 4.46. The number of hydrogen-bond donors (Lipinski definition) is 0. The molecule has 7 nitrogen and oxygen atoms in total. The van der Waals surface area contributed by atoms with Crippen molar-refractivity contribution >= 4 is 11.6 Å². The Bertz CT molecular complexity index is 900. The molecule has 0 aliphatic carbocycles. The second kappa shape index (κ2) is 6.55. The van der Waals surface area contributed by atoms with E-state index in [4.69, 9.17) is 27.5 Å². The lowest BCUT2D eigenvalue weighted by Crippen LogP contribution is -2.29. The maximum absolute atomic E-state index is 14.3. The number of aromatic nitrogens is 3. The molecule has 0 bridgehead atoms. The number of halogens is 2. The highest BCUT2D eigenvalue weighted by Crippen LogP contribution is 2.28. The summed E-state index contributed by atoms with van der Waals surface area (Å²) in [6.45, 7) is 0.918. The van der Waals surface area contributed by atoms with E-state index in [0.717, 1.165) is 10.6 Å². The number of rotatable bonds is 3. The van der Waals surface area contributed by atoms with Crippen molar-refractivity contribution in [3.63, 3.8) is 0 Å². The molecule has 0 radical (unpaired) electrons. The van der Waals surface area contributed by atoms with Gasteiger partial charge < -0.3 is 9.47 Å². The van der Waals surface area contributed by atoms with E-state index in [1.165, 1.54) is 15.4 Å². The number of ether oxygens (including phenoxy) is 2. The first-order valence-corrected chi connectivity index (χ1v) is 7.48. The van der Waals surface area contributed by atoms with Gasteiger partial charge in [0.1, 0.15) is 18.2 Å². The third-order valence-corrected chi connectivity index (χ3v) is 3.86. The Labute approximate surface area is 140 Å². The summed E-state index contributed by atoms with van der Waals surface area (Å²) in [7, 11) is 0. The van der Waals surface area contributed by atoms with Gasteiger partial charge in [-0.05, 0) is 6.07 Å². The molecule has 1 aromatic carbocycles. The fourth-order valence-corrected chi connectivity index (χ4v) is 2.69. The van der Waals surface area contributed by atoms with Gasteiger partial charge in [0.05, 0.1) is 37.0 Å². The summed E-state index contributed by atoms with van der Waals surface area (Å²) < 4.78 is 28.0. The van der Waals surface area contributed by atoms with Crippen molar-refractivity contribution in [3.8, 4) is 23.8 Å². The van der Waals surface area contributed by atoms with Crippen LogP contribution in [0.2, 0.25) is 5.02 Å². The molecular formula is C15H13ClFN3O4. The van der Waals surface area contributed by atoms with E-state index < -0.39 is 17.2 Å². The second-order valence-electron chi connectivity index (χ2n) is 4.99. The Balaban J connectivity index is 2.18. The molecule has 3 rings (SSSR count). The molecule has 0 saturated carbocycles. The van der Waals surface area contributed by atoms with Crippen LogP contribution in [0.3, 0.4) is 0 Å². The van der Waals surface area contributed by atoms with Crippen molar-refractivity contribution < 1.29 is 13.9 Å². The van der Waals surface area contributed by atoms with Gasteiger partial charge in [0.25, 0.3) is 0 Å². The highest BCUT2D eigenvalue weighted by atomic mass is 35.5. The Morgan fingerprint density at radius 1 is 1.25 bits per heavy atom. The Morgan fingerprint density at radius 2 is 1.88 bits per heavy atom. The standard InChI is InChI=1S/C15H13ClFN3O4/c1-2-5-24-13-9-12(11(17)8-10(13)16)20-14(21)18-3-6-23-7-4-19(18)15(20)22/h1,8-9H,3-7H2. The number of terminal acetylenes is 1. The fourth-order valence-electron chi connectivity index (χ4n) is 2.48. The van der Waals surface area contributed by atoms with E-state index in [1.54, 1.807) is 0 Å². The van der Waals surface area contributed by atoms with Crippen LogP contribution in [0.4, 0.5) is 4.39 Å². The number of fused-ring (bicyclic) bond motifs is 1. The summed E-state index contributed by atoms with van der Waals surface area (Å²) in [6.07, 6.45) is 5.12. The minimum atomic E-state index is -0.815. The number of nitrogens with zero attached hydrogens (tertiary/aromatic N) is 3. The average Bonchev–Trinajstić information content (AvgIpc) is 2.74.